The molecule has 0 fully saturated rings. The van der Waals surface area contributed by atoms with Gasteiger partial charge in [0.15, 0.2) is 5.78 Å². The van der Waals surface area contributed by atoms with Crippen molar-refractivity contribution in [2.24, 2.45) is 0 Å². The third-order valence-corrected chi connectivity index (χ3v) is 4.98. The fourth-order valence-electron chi connectivity index (χ4n) is 2.19. The standard InChI is InChI=1S/C15H14Cl2OS/c1-7-5-8(2)10(4)13(9(7)3)14(18)11-6-12(16)19-15(11)17/h5-6H,1-4H3. The summed E-state index contributed by atoms with van der Waals surface area (Å²) in [5.74, 6) is -0.0463. The first-order valence-electron chi connectivity index (χ1n) is 5.90. The number of benzene rings is 1. The maximum atomic E-state index is 12.7. The molecule has 0 bridgehead atoms. The second-order valence-corrected chi connectivity index (χ2v) is 6.99. The third kappa shape index (κ3) is 2.58. The van der Waals surface area contributed by atoms with Gasteiger partial charge in [-0.1, -0.05) is 29.3 Å². The highest BCUT2D eigenvalue weighted by molar-refractivity contribution is 7.20. The molecule has 0 amide bonds. The second-order valence-electron chi connectivity index (χ2n) is 4.70. The van der Waals surface area contributed by atoms with E-state index < -0.39 is 0 Å². The number of aryl methyl sites for hydroxylation is 2. The minimum Gasteiger partial charge on any atom is -0.289 e. The molecule has 2 aromatic rings. The maximum Gasteiger partial charge on any atom is 0.195 e. The summed E-state index contributed by atoms with van der Waals surface area (Å²) in [4.78, 5) is 12.7. The van der Waals surface area contributed by atoms with Gasteiger partial charge in [0.25, 0.3) is 0 Å². The lowest BCUT2D eigenvalue weighted by atomic mass is 9.90. The van der Waals surface area contributed by atoms with Gasteiger partial charge in [-0.15, -0.1) is 11.3 Å². The Morgan fingerprint density at radius 1 is 1.00 bits per heavy atom. The first-order chi connectivity index (χ1) is 8.82. The molecule has 1 aromatic carbocycles. The zero-order valence-electron chi connectivity index (χ0n) is 11.2. The topological polar surface area (TPSA) is 17.1 Å². The normalized spacial score (nSPS) is 10.8. The Labute approximate surface area is 127 Å². The summed E-state index contributed by atoms with van der Waals surface area (Å²) in [5.41, 5.74) is 5.48. The fraction of sp³-hybridized carbons (Fsp3) is 0.267. The van der Waals surface area contributed by atoms with Gasteiger partial charge in [-0.2, -0.15) is 0 Å². The van der Waals surface area contributed by atoms with Gasteiger partial charge in [-0.3, -0.25) is 4.79 Å². The summed E-state index contributed by atoms with van der Waals surface area (Å²) >= 11 is 13.2. The summed E-state index contributed by atoms with van der Waals surface area (Å²) < 4.78 is 0.987. The van der Waals surface area contributed by atoms with Crippen molar-refractivity contribution in [1.82, 2.24) is 0 Å². The number of halogens is 2. The van der Waals surface area contributed by atoms with E-state index in [0.717, 1.165) is 27.8 Å². The van der Waals surface area contributed by atoms with Crippen LogP contribution >= 0.6 is 34.5 Å². The van der Waals surface area contributed by atoms with Gasteiger partial charge < -0.3 is 0 Å². The van der Waals surface area contributed by atoms with Crippen molar-refractivity contribution in [3.8, 4) is 0 Å². The van der Waals surface area contributed by atoms with Crippen LogP contribution in [-0.2, 0) is 0 Å². The molecule has 0 saturated heterocycles. The molecule has 0 N–H and O–H groups in total. The van der Waals surface area contributed by atoms with Gasteiger partial charge in [0.1, 0.15) is 4.34 Å². The molecule has 100 valence electrons. The van der Waals surface area contributed by atoms with Gasteiger partial charge in [-0.05, 0) is 56.0 Å². The van der Waals surface area contributed by atoms with E-state index in [-0.39, 0.29) is 5.78 Å². The Hall–Kier alpha value is -0.830. The van der Waals surface area contributed by atoms with Crippen LogP contribution in [0.25, 0.3) is 0 Å². The molecule has 0 aliphatic carbocycles. The molecule has 0 aliphatic heterocycles. The molecule has 0 saturated carbocycles. The van der Waals surface area contributed by atoms with Crippen LogP contribution in [-0.4, -0.2) is 5.78 Å². The van der Waals surface area contributed by atoms with Gasteiger partial charge in [0, 0.05) is 5.56 Å². The van der Waals surface area contributed by atoms with Crippen molar-refractivity contribution in [2.45, 2.75) is 27.7 Å². The Bertz CT molecular complexity index is 645. The first kappa shape index (κ1) is 14.6. The van der Waals surface area contributed by atoms with Gasteiger partial charge in [-0.25, -0.2) is 0 Å². The Kier molecular flexibility index (Phi) is 4.05. The molecule has 1 aromatic heterocycles. The van der Waals surface area contributed by atoms with Crippen LogP contribution < -0.4 is 0 Å². The highest BCUT2D eigenvalue weighted by atomic mass is 35.5. The molecule has 19 heavy (non-hydrogen) atoms. The molecular formula is C15H14Cl2OS. The quantitative estimate of drug-likeness (QED) is 0.667. The predicted octanol–water partition coefficient (Wildman–Crippen LogP) is 5.52. The second kappa shape index (κ2) is 5.28. The molecule has 0 aliphatic rings. The highest BCUT2D eigenvalue weighted by Gasteiger charge is 2.21. The van der Waals surface area contributed by atoms with Crippen molar-refractivity contribution < 1.29 is 4.79 Å². The monoisotopic (exact) mass is 312 g/mol. The molecule has 0 spiro atoms. The van der Waals surface area contributed by atoms with E-state index in [2.05, 4.69) is 6.07 Å². The van der Waals surface area contributed by atoms with Crippen molar-refractivity contribution in [1.29, 1.82) is 0 Å². The smallest absolute Gasteiger partial charge is 0.195 e. The highest BCUT2D eigenvalue weighted by Crippen LogP contribution is 2.34. The van der Waals surface area contributed by atoms with Gasteiger partial charge in [0.05, 0.1) is 9.90 Å². The Balaban J connectivity index is 2.66. The van der Waals surface area contributed by atoms with E-state index in [9.17, 15) is 4.79 Å². The van der Waals surface area contributed by atoms with E-state index in [4.69, 9.17) is 23.2 Å². The molecule has 0 radical (unpaired) electrons. The number of carbonyl (C=O) groups excluding carboxylic acids is 1. The zero-order valence-corrected chi connectivity index (χ0v) is 13.6. The Morgan fingerprint density at radius 3 is 1.95 bits per heavy atom. The van der Waals surface area contributed by atoms with Crippen LogP contribution in [0.1, 0.15) is 38.2 Å². The maximum absolute atomic E-state index is 12.7. The predicted molar refractivity (Wildman–Crippen MR) is 83.2 cm³/mol. The van der Waals surface area contributed by atoms with E-state index in [1.54, 1.807) is 6.07 Å². The lowest BCUT2D eigenvalue weighted by Crippen LogP contribution is -2.08. The van der Waals surface area contributed by atoms with Crippen molar-refractivity contribution in [3.63, 3.8) is 0 Å². The lowest BCUT2D eigenvalue weighted by Gasteiger charge is -2.14. The van der Waals surface area contributed by atoms with E-state index in [1.807, 2.05) is 27.7 Å². The third-order valence-electron chi connectivity index (χ3n) is 3.49. The fourth-order valence-corrected chi connectivity index (χ4v) is 3.65. The summed E-state index contributed by atoms with van der Waals surface area (Å²) in [6.45, 7) is 7.97. The number of rotatable bonds is 2. The van der Waals surface area contributed by atoms with Crippen molar-refractivity contribution >= 4 is 40.3 Å². The van der Waals surface area contributed by atoms with Gasteiger partial charge in [0.2, 0.25) is 0 Å². The summed E-state index contributed by atoms with van der Waals surface area (Å²) in [6.07, 6.45) is 0. The average Bonchev–Trinajstić information content (AvgIpc) is 2.66. The lowest BCUT2D eigenvalue weighted by molar-refractivity contribution is 0.103. The number of carbonyl (C=O) groups is 1. The van der Waals surface area contributed by atoms with Crippen LogP contribution in [0.2, 0.25) is 8.67 Å². The molecule has 2 rings (SSSR count). The Morgan fingerprint density at radius 2 is 1.53 bits per heavy atom. The summed E-state index contributed by atoms with van der Waals surface area (Å²) in [5, 5.41) is 0. The zero-order chi connectivity index (χ0) is 14.3. The number of thiophene rings is 1. The molecular weight excluding hydrogens is 299 g/mol. The first-order valence-corrected chi connectivity index (χ1v) is 7.47. The van der Waals surface area contributed by atoms with Crippen LogP contribution in [0.5, 0.6) is 0 Å². The average molecular weight is 313 g/mol. The number of hydrogen-bond acceptors (Lipinski definition) is 2. The molecule has 1 heterocycles. The summed E-state index contributed by atoms with van der Waals surface area (Å²) in [7, 11) is 0. The SMILES string of the molecule is Cc1cc(C)c(C)c(C(=O)c2cc(Cl)sc2Cl)c1C. The molecule has 0 atom stereocenters. The largest absolute Gasteiger partial charge is 0.289 e. The molecule has 4 heteroatoms. The van der Waals surface area contributed by atoms with Crippen LogP contribution in [0, 0.1) is 27.7 Å². The van der Waals surface area contributed by atoms with Crippen LogP contribution in [0.3, 0.4) is 0 Å². The van der Waals surface area contributed by atoms with Crippen molar-refractivity contribution in [2.75, 3.05) is 0 Å². The van der Waals surface area contributed by atoms with Gasteiger partial charge >= 0.3 is 0 Å². The van der Waals surface area contributed by atoms with Crippen LogP contribution in [0.15, 0.2) is 12.1 Å². The molecule has 0 unspecified atom stereocenters. The van der Waals surface area contributed by atoms with E-state index >= 15 is 0 Å². The summed E-state index contributed by atoms with van der Waals surface area (Å²) in [6, 6.07) is 3.75. The minimum atomic E-state index is -0.0463. The van der Waals surface area contributed by atoms with E-state index in [0.29, 0.717) is 14.2 Å². The van der Waals surface area contributed by atoms with Crippen molar-refractivity contribution in [3.05, 3.63) is 54.2 Å². The minimum absolute atomic E-state index is 0.0463. The van der Waals surface area contributed by atoms with E-state index in [1.165, 1.54) is 11.3 Å². The number of hydrogen-bond donors (Lipinski definition) is 0. The van der Waals surface area contributed by atoms with Crippen LogP contribution in [0.4, 0.5) is 0 Å². The molecule has 1 nitrogen and oxygen atoms in total. The number of ketones is 1.